The maximum absolute atomic E-state index is 4.10. The summed E-state index contributed by atoms with van der Waals surface area (Å²) >= 11 is 8.10. The average molecular weight is 412 g/mol. The van der Waals surface area contributed by atoms with E-state index in [0.717, 1.165) is 0 Å². The highest BCUT2D eigenvalue weighted by atomic mass is 79.9. The predicted molar refractivity (Wildman–Crippen MR) is 101 cm³/mol. The van der Waals surface area contributed by atoms with E-state index in [-0.39, 0.29) is 0 Å². The van der Waals surface area contributed by atoms with Gasteiger partial charge in [0.05, 0.1) is 0 Å². The molecule has 0 aromatic carbocycles. The van der Waals surface area contributed by atoms with Gasteiger partial charge in [0, 0.05) is 9.15 Å². The van der Waals surface area contributed by atoms with Gasteiger partial charge in [-0.05, 0) is 19.3 Å². The molecule has 0 radical (unpaired) electrons. The molecular weight excluding hydrogens is 376 g/mol. The molecule has 0 aliphatic rings. The maximum Gasteiger partial charge on any atom is 0.0382 e. The fraction of sp³-hybridized carbons (Fsp3) is 1.00. The predicted octanol–water partition coefficient (Wildman–Crippen LogP) is 8.01. The van der Waals surface area contributed by atoms with Crippen molar-refractivity contribution in [2.45, 2.75) is 113 Å². The van der Waals surface area contributed by atoms with Crippen LogP contribution in [-0.2, 0) is 0 Å². The van der Waals surface area contributed by atoms with Crippen LogP contribution in [-0.4, -0.2) is 9.15 Å². The second-order valence-corrected chi connectivity index (χ2v) is 8.95. The summed E-state index contributed by atoms with van der Waals surface area (Å²) in [6, 6.07) is 0. The van der Waals surface area contributed by atoms with E-state index in [4.69, 9.17) is 0 Å². The van der Waals surface area contributed by atoms with Crippen molar-refractivity contribution in [1.29, 1.82) is 0 Å². The monoisotopic (exact) mass is 410 g/mol. The number of hydrogen-bond acceptors (Lipinski definition) is 0. The molecule has 2 heteroatoms. The van der Waals surface area contributed by atoms with Crippen LogP contribution in [0.3, 0.4) is 0 Å². The highest BCUT2D eigenvalue weighted by Crippen LogP contribution is 2.40. The second-order valence-electron chi connectivity index (χ2n) is 6.27. The van der Waals surface area contributed by atoms with Crippen molar-refractivity contribution in [2.75, 3.05) is 0 Å². The van der Waals surface area contributed by atoms with Crippen LogP contribution in [0, 0.1) is 0 Å². The molecule has 0 saturated heterocycles. The molecule has 1 unspecified atom stereocenters. The molecular formula is C18H36Br2. The fourth-order valence-corrected chi connectivity index (χ4v) is 4.31. The standard InChI is InChI=1S/C18H36Br2/c1-4-7-10-11-12-13-14-17(19)18(20,15-8-5-2)16-9-6-3/h17H,4-16H2,1-3H3. The third kappa shape index (κ3) is 9.82. The lowest BCUT2D eigenvalue weighted by atomic mass is 9.90. The molecule has 0 bridgehead atoms. The van der Waals surface area contributed by atoms with Gasteiger partial charge >= 0.3 is 0 Å². The first-order chi connectivity index (χ1) is 9.60. The van der Waals surface area contributed by atoms with Crippen molar-refractivity contribution in [3.05, 3.63) is 0 Å². The average Bonchev–Trinajstić information content (AvgIpc) is 2.46. The minimum Gasteiger partial charge on any atom is -0.0875 e. The Morgan fingerprint density at radius 2 is 1.15 bits per heavy atom. The first-order valence-corrected chi connectivity index (χ1v) is 10.6. The normalized spacial score (nSPS) is 13.7. The molecule has 0 aromatic rings. The van der Waals surface area contributed by atoms with Crippen molar-refractivity contribution in [3.63, 3.8) is 0 Å². The quantitative estimate of drug-likeness (QED) is 0.200. The summed E-state index contributed by atoms with van der Waals surface area (Å²) < 4.78 is 0.336. The highest BCUT2D eigenvalue weighted by Gasteiger charge is 2.32. The van der Waals surface area contributed by atoms with Crippen LogP contribution in [0.2, 0.25) is 0 Å². The molecule has 0 spiro atoms. The van der Waals surface area contributed by atoms with E-state index >= 15 is 0 Å². The number of halogens is 2. The summed E-state index contributed by atoms with van der Waals surface area (Å²) in [6.45, 7) is 6.88. The Bertz CT molecular complexity index is 196. The van der Waals surface area contributed by atoms with Crippen LogP contribution < -0.4 is 0 Å². The molecule has 0 rings (SSSR count). The van der Waals surface area contributed by atoms with Gasteiger partial charge in [0.25, 0.3) is 0 Å². The molecule has 0 aliphatic carbocycles. The highest BCUT2D eigenvalue weighted by molar-refractivity contribution is 9.12. The lowest BCUT2D eigenvalue weighted by molar-refractivity contribution is 0.439. The fourth-order valence-electron chi connectivity index (χ4n) is 2.74. The molecule has 20 heavy (non-hydrogen) atoms. The molecule has 0 nitrogen and oxygen atoms in total. The summed E-state index contributed by atoms with van der Waals surface area (Å²) in [7, 11) is 0. The topological polar surface area (TPSA) is 0 Å². The third-order valence-electron chi connectivity index (χ3n) is 4.26. The van der Waals surface area contributed by atoms with Crippen molar-refractivity contribution in [3.8, 4) is 0 Å². The zero-order chi connectivity index (χ0) is 15.3. The molecule has 0 saturated carbocycles. The van der Waals surface area contributed by atoms with Crippen molar-refractivity contribution >= 4 is 31.9 Å². The van der Waals surface area contributed by atoms with E-state index in [0.29, 0.717) is 9.15 Å². The Morgan fingerprint density at radius 1 is 0.700 bits per heavy atom. The smallest absolute Gasteiger partial charge is 0.0382 e. The van der Waals surface area contributed by atoms with Crippen molar-refractivity contribution < 1.29 is 0 Å². The zero-order valence-corrected chi connectivity index (χ0v) is 17.2. The molecule has 0 aliphatic heterocycles. The number of alkyl halides is 2. The van der Waals surface area contributed by atoms with E-state index in [2.05, 4.69) is 52.6 Å². The first kappa shape index (κ1) is 21.0. The molecule has 0 N–H and O–H groups in total. The largest absolute Gasteiger partial charge is 0.0875 e. The van der Waals surface area contributed by atoms with Crippen molar-refractivity contribution in [1.82, 2.24) is 0 Å². The first-order valence-electron chi connectivity index (χ1n) is 8.93. The Hall–Kier alpha value is 0.960. The molecule has 0 heterocycles. The van der Waals surface area contributed by atoms with E-state index in [1.807, 2.05) is 0 Å². The molecule has 1 atom stereocenters. The van der Waals surface area contributed by atoms with Crippen LogP contribution in [0.15, 0.2) is 0 Å². The minimum atomic E-state index is 0.336. The van der Waals surface area contributed by atoms with Gasteiger partial charge in [-0.2, -0.15) is 0 Å². The zero-order valence-electron chi connectivity index (χ0n) is 14.0. The van der Waals surface area contributed by atoms with Crippen LogP contribution in [0.1, 0.15) is 104 Å². The van der Waals surface area contributed by atoms with Gasteiger partial charge in [0.2, 0.25) is 0 Å². The number of rotatable bonds is 14. The summed E-state index contributed by atoms with van der Waals surface area (Å²) in [4.78, 5) is 0.638. The Labute approximate surface area is 145 Å². The lowest BCUT2D eigenvalue weighted by Gasteiger charge is -2.33. The van der Waals surface area contributed by atoms with Gasteiger partial charge in [-0.15, -0.1) is 0 Å². The Balaban J connectivity index is 4.02. The molecule has 0 fully saturated rings. The van der Waals surface area contributed by atoms with Gasteiger partial charge in [-0.1, -0.05) is 117 Å². The van der Waals surface area contributed by atoms with Crippen molar-refractivity contribution in [2.24, 2.45) is 0 Å². The maximum atomic E-state index is 4.10. The van der Waals surface area contributed by atoms with Crippen LogP contribution in [0.25, 0.3) is 0 Å². The molecule has 122 valence electrons. The van der Waals surface area contributed by atoms with Crippen LogP contribution in [0.5, 0.6) is 0 Å². The van der Waals surface area contributed by atoms with Gasteiger partial charge in [0.15, 0.2) is 0 Å². The Kier molecular flexibility index (Phi) is 14.3. The van der Waals surface area contributed by atoms with E-state index in [1.54, 1.807) is 0 Å². The van der Waals surface area contributed by atoms with Gasteiger partial charge in [-0.3, -0.25) is 0 Å². The minimum absolute atomic E-state index is 0.336. The second kappa shape index (κ2) is 13.6. The summed E-state index contributed by atoms with van der Waals surface area (Å²) in [5, 5.41) is 0. The van der Waals surface area contributed by atoms with E-state index in [9.17, 15) is 0 Å². The number of hydrogen-bond donors (Lipinski definition) is 0. The third-order valence-corrected chi connectivity index (χ3v) is 7.56. The summed E-state index contributed by atoms with van der Waals surface area (Å²) in [5.41, 5.74) is 0. The van der Waals surface area contributed by atoms with Gasteiger partial charge in [-0.25, -0.2) is 0 Å². The summed E-state index contributed by atoms with van der Waals surface area (Å²) in [6.07, 6.45) is 17.6. The molecule has 0 aromatic heterocycles. The van der Waals surface area contributed by atoms with Gasteiger partial charge in [0.1, 0.15) is 0 Å². The summed E-state index contributed by atoms with van der Waals surface area (Å²) in [5.74, 6) is 0. The van der Waals surface area contributed by atoms with Crippen LogP contribution in [0.4, 0.5) is 0 Å². The van der Waals surface area contributed by atoms with E-state index < -0.39 is 0 Å². The van der Waals surface area contributed by atoms with Gasteiger partial charge < -0.3 is 0 Å². The lowest BCUT2D eigenvalue weighted by Crippen LogP contribution is -2.32. The SMILES string of the molecule is CCCCCCCCC(Br)C(Br)(CCCC)CCCC. The number of unbranched alkanes of at least 4 members (excludes halogenated alkanes) is 7. The van der Waals surface area contributed by atoms with E-state index in [1.165, 1.54) is 83.5 Å². The molecule has 0 amide bonds. The Morgan fingerprint density at radius 3 is 1.65 bits per heavy atom. The van der Waals surface area contributed by atoms with Crippen LogP contribution >= 0.6 is 31.9 Å².